The van der Waals surface area contributed by atoms with E-state index in [0.29, 0.717) is 5.69 Å². The monoisotopic (exact) mass is 267 g/mol. The van der Waals surface area contributed by atoms with E-state index < -0.39 is 0 Å². The predicted molar refractivity (Wildman–Crippen MR) is 82.0 cm³/mol. The Hall–Kier alpha value is -2.56. The number of nitrogens with zero attached hydrogens (tertiary/aromatic N) is 3. The van der Waals surface area contributed by atoms with Crippen molar-refractivity contribution in [1.29, 1.82) is 0 Å². The minimum absolute atomic E-state index is 0.705. The first-order chi connectivity index (χ1) is 9.70. The fourth-order valence-electron chi connectivity index (χ4n) is 2.35. The van der Waals surface area contributed by atoms with Gasteiger partial charge in [0.1, 0.15) is 0 Å². The lowest BCUT2D eigenvalue weighted by molar-refractivity contribution is 0.754. The summed E-state index contributed by atoms with van der Waals surface area (Å²) in [6, 6.07) is 9.95. The molecule has 20 heavy (non-hydrogen) atoms. The second-order valence-corrected chi connectivity index (χ2v) is 4.69. The highest BCUT2D eigenvalue weighted by Crippen LogP contribution is 2.29. The second-order valence-electron chi connectivity index (χ2n) is 4.69. The van der Waals surface area contributed by atoms with Gasteiger partial charge >= 0.3 is 0 Å². The van der Waals surface area contributed by atoms with Crippen LogP contribution in [0.4, 0.5) is 17.2 Å². The van der Waals surface area contributed by atoms with Gasteiger partial charge in [0.2, 0.25) is 0 Å². The van der Waals surface area contributed by atoms with E-state index in [2.05, 4.69) is 15.4 Å². The van der Waals surface area contributed by atoms with E-state index in [1.165, 1.54) is 0 Å². The molecule has 3 N–H and O–H groups in total. The van der Waals surface area contributed by atoms with Crippen LogP contribution in [0.2, 0.25) is 0 Å². The summed E-state index contributed by atoms with van der Waals surface area (Å²) in [5.74, 6) is 0.818. The molecule has 3 aromatic rings. The summed E-state index contributed by atoms with van der Waals surface area (Å²) >= 11 is 0. The first-order valence-electron chi connectivity index (χ1n) is 6.62. The van der Waals surface area contributed by atoms with Gasteiger partial charge < -0.3 is 11.1 Å². The zero-order valence-corrected chi connectivity index (χ0v) is 11.6. The Balaban J connectivity index is 2.08. The fourth-order valence-corrected chi connectivity index (χ4v) is 2.35. The summed E-state index contributed by atoms with van der Waals surface area (Å²) in [5, 5.41) is 8.86. The Labute approximate surface area is 117 Å². The van der Waals surface area contributed by atoms with Crippen molar-refractivity contribution in [2.45, 2.75) is 13.3 Å². The minimum Gasteiger partial charge on any atom is -0.394 e. The summed E-state index contributed by atoms with van der Waals surface area (Å²) in [6.45, 7) is 2.05. The molecule has 0 aliphatic heterocycles. The van der Waals surface area contributed by atoms with Crippen molar-refractivity contribution in [2.24, 2.45) is 7.05 Å². The molecule has 0 atom stereocenters. The first kappa shape index (κ1) is 12.5. The Kier molecular flexibility index (Phi) is 3.02. The highest BCUT2D eigenvalue weighted by Gasteiger charge is 2.12. The third-order valence-electron chi connectivity index (χ3n) is 3.39. The molecule has 1 aromatic carbocycles. The number of fused-ring (bicyclic) bond motifs is 1. The van der Waals surface area contributed by atoms with E-state index in [0.717, 1.165) is 34.5 Å². The predicted octanol–water partition coefficient (Wildman–Crippen LogP) is 2.86. The smallest absolute Gasteiger partial charge is 0.152 e. The number of aromatic nitrogens is 3. The largest absolute Gasteiger partial charge is 0.394 e. The number of hydrogen-bond donors (Lipinski definition) is 2. The quantitative estimate of drug-likeness (QED) is 0.765. The van der Waals surface area contributed by atoms with E-state index in [-0.39, 0.29) is 0 Å². The molecule has 5 nitrogen and oxygen atoms in total. The normalized spacial score (nSPS) is 10.9. The topological polar surface area (TPSA) is 68.8 Å². The van der Waals surface area contributed by atoms with Gasteiger partial charge in [-0.1, -0.05) is 13.0 Å². The van der Waals surface area contributed by atoms with Gasteiger partial charge in [-0.05, 0) is 30.7 Å². The van der Waals surface area contributed by atoms with Crippen LogP contribution in [0.1, 0.15) is 12.6 Å². The summed E-state index contributed by atoms with van der Waals surface area (Å²) < 4.78 is 1.78. The van der Waals surface area contributed by atoms with Crippen LogP contribution in [0, 0.1) is 0 Å². The molecule has 0 saturated carbocycles. The van der Waals surface area contributed by atoms with Crippen molar-refractivity contribution < 1.29 is 0 Å². The number of pyridine rings is 1. The third-order valence-corrected chi connectivity index (χ3v) is 3.39. The number of anilines is 3. The second kappa shape index (κ2) is 4.85. The average molecular weight is 267 g/mol. The van der Waals surface area contributed by atoms with Gasteiger partial charge in [0, 0.05) is 24.3 Å². The summed E-state index contributed by atoms with van der Waals surface area (Å²) in [6.07, 6.45) is 2.61. The van der Waals surface area contributed by atoms with Crippen LogP contribution in [0.5, 0.6) is 0 Å². The Morgan fingerprint density at radius 3 is 2.85 bits per heavy atom. The minimum atomic E-state index is 0.705. The Morgan fingerprint density at radius 1 is 1.25 bits per heavy atom. The summed E-state index contributed by atoms with van der Waals surface area (Å²) in [5.41, 5.74) is 9.69. The molecule has 0 unspecified atom stereocenters. The van der Waals surface area contributed by atoms with E-state index in [1.54, 1.807) is 10.9 Å². The fraction of sp³-hybridized carbons (Fsp3) is 0.200. The number of nitrogen functional groups attached to an aromatic ring is 1. The zero-order chi connectivity index (χ0) is 14.1. The Bertz CT molecular complexity index is 755. The van der Waals surface area contributed by atoms with Crippen molar-refractivity contribution in [1.82, 2.24) is 14.8 Å². The van der Waals surface area contributed by atoms with Crippen molar-refractivity contribution in [3.63, 3.8) is 0 Å². The molecule has 0 aliphatic carbocycles. The maximum Gasteiger partial charge on any atom is 0.152 e. The van der Waals surface area contributed by atoms with Gasteiger partial charge in [-0.2, -0.15) is 5.10 Å². The molecule has 0 amide bonds. The zero-order valence-electron chi connectivity index (χ0n) is 11.6. The van der Waals surface area contributed by atoms with Crippen molar-refractivity contribution >= 4 is 28.1 Å². The maximum absolute atomic E-state index is 6.15. The molecule has 3 rings (SSSR count). The summed E-state index contributed by atoms with van der Waals surface area (Å²) in [7, 11) is 1.89. The lowest BCUT2D eigenvalue weighted by Crippen LogP contribution is -2.01. The first-order valence-corrected chi connectivity index (χ1v) is 6.62. The van der Waals surface area contributed by atoms with Gasteiger partial charge in [-0.25, -0.2) is 0 Å². The molecule has 0 fully saturated rings. The molecular formula is C15H17N5. The van der Waals surface area contributed by atoms with Crippen molar-refractivity contribution in [3.8, 4) is 0 Å². The molecule has 2 aromatic heterocycles. The number of nitrogens with two attached hydrogens (primary N) is 1. The highest BCUT2D eigenvalue weighted by atomic mass is 15.3. The molecule has 0 bridgehead atoms. The lowest BCUT2D eigenvalue weighted by atomic mass is 10.2. The van der Waals surface area contributed by atoms with Gasteiger partial charge in [-0.15, -0.1) is 0 Å². The van der Waals surface area contributed by atoms with E-state index in [4.69, 9.17) is 5.73 Å². The van der Waals surface area contributed by atoms with Crippen molar-refractivity contribution in [2.75, 3.05) is 11.1 Å². The van der Waals surface area contributed by atoms with Gasteiger partial charge in [0.05, 0.1) is 16.9 Å². The highest BCUT2D eigenvalue weighted by molar-refractivity contribution is 5.93. The molecule has 0 radical (unpaired) electrons. The van der Waals surface area contributed by atoms with Gasteiger partial charge in [0.25, 0.3) is 0 Å². The third kappa shape index (κ3) is 1.97. The molecule has 2 heterocycles. The molecular weight excluding hydrogens is 250 g/mol. The van der Waals surface area contributed by atoms with Crippen molar-refractivity contribution in [3.05, 3.63) is 42.2 Å². The van der Waals surface area contributed by atoms with E-state index >= 15 is 0 Å². The van der Waals surface area contributed by atoms with Crippen LogP contribution >= 0.6 is 0 Å². The number of hydrogen-bond acceptors (Lipinski definition) is 4. The van der Waals surface area contributed by atoms with Gasteiger partial charge in [0.15, 0.2) is 5.82 Å². The van der Waals surface area contributed by atoms with Crippen LogP contribution in [0.3, 0.4) is 0 Å². The van der Waals surface area contributed by atoms with Crippen LogP contribution in [0.25, 0.3) is 10.9 Å². The molecule has 5 heteroatoms. The number of benzene rings is 1. The van der Waals surface area contributed by atoms with Crippen LogP contribution in [-0.2, 0) is 13.5 Å². The number of aryl methyl sites for hydroxylation is 2. The van der Waals surface area contributed by atoms with E-state index in [9.17, 15) is 0 Å². The van der Waals surface area contributed by atoms with Crippen LogP contribution in [0.15, 0.2) is 36.5 Å². The maximum atomic E-state index is 6.15. The van der Waals surface area contributed by atoms with Crippen LogP contribution < -0.4 is 11.1 Å². The summed E-state index contributed by atoms with van der Waals surface area (Å²) in [4.78, 5) is 4.36. The number of nitrogens with one attached hydrogen (secondary N) is 1. The van der Waals surface area contributed by atoms with Gasteiger partial charge in [-0.3, -0.25) is 9.67 Å². The van der Waals surface area contributed by atoms with E-state index in [1.807, 2.05) is 44.3 Å². The molecule has 102 valence electrons. The SMILES string of the molecule is CCc1nn(C)c(Nc2cccc3ncccc23)c1N. The molecule has 0 aliphatic rings. The van der Waals surface area contributed by atoms with Crippen LogP contribution in [-0.4, -0.2) is 14.8 Å². The lowest BCUT2D eigenvalue weighted by Gasteiger charge is -2.10. The molecule has 0 saturated heterocycles. The average Bonchev–Trinajstić information content (AvgIpc) is 2.75. The Morgan fingerprint density at radius 2 is 2.10 bits per heavy atom. The standard InChI is InChI=1S/C15H17N5/c1-3-11-14(16)15(20(2)19-11)18-13-8-4-7-12-10(13)6-5-9-17-12/h4-9,18H,3,16H2,1-2H3. The number of rotatable bonds is 3. The molecule has 0 spiro atoms.